The number of nitrogens with two attached hydrogens (primary N) is 1. The summed E-state index contributed by atoms with van der Waals surface area (Å²) < 4.78 is 5.95. The molecule has 2 heterocycles. The van der Waals surface area contributed by atoms with Crippen molar-refractivity contribution < 1.29 is 4.74 Å². The zero-order valence-corrected chi connectivity index (χ0v) is 13.3. The molecule has 21 heavy (non-hydrogen) atoms. The van der Waals surface area contributed by atoms with Gasteiger partial charge in [-0.3, -0.25) is 0 Å². The lowest BCUT2D eigenvalue weighted by Gasteiger charge is -2.44. The Morgan fingerprint density at radius 2 is 2.00 bits per heavy atom. The van der Waals surface area contributed by atoms with Crippen molar-refractivity contribution in [1.82, 2.24) is 9.97 Å². The van der Waals surface area contributed by atoms with E-state index in [1.165, 1.54) is 19.3 Å². The molecule has 0 bridgehead atoms. The summed E-state index contributed by atoms with van der Waals surface area (Å²) in [4.78, 5) is 11.6. The molecule has 116 valence electrons. The summed E-state index contributed by atoms with van der Waals surface area (Å²) in [6.45, 7) is 8.02. The van der Waals surface area contributed by atoms with Crippen molar-refractivity contribution in [3.63, 3.8) is 0 Å². The predicted octanol–water partition coefficient (Wildman–Crippen LogP) is 2.50. The lowest BCUT2D eigenvalue weighted by molar-refractivity contribution is -0.00901. The summed E-state index contributed by atoms with van der Waals surface area (Å²) >= 11 is 0. The van der Waals surface area contributed by atoms with Crippen molar-refractivity contribution in [2.24, 2.45) is 0 Å². The smallest absolute Gasteiger partial charge is 0.138 e. The van der Waals surface area contributed by atoms with Gasteiger partial charge in [0.05, 0.1) is 18.8 Å². The highest BCUT2D eigenvalue weighted by molar-refractivity contribution is 5.49. The molecule has 2 fully saturated rings. The topological polar surface area (TPSA) is 64.3 Å². The molecule has 0 spiro atoms. The normalized spacial score (nSPS) is 26.5. The first kappa shape index (κ1) is 14.6. The number of morpholine rings is 1. The van der Waals surface area contributed by atoms with E-state index in [2.05, 4.69) is 30.7 Å². The lowest BCUT2D eigenvalue weighted by atomic mass is 9.90. The Balaban J connectivity index is 1.93. The lowest BCUT2D eigenvalue weighted by Crippen LogP contribution is -2.53. The second-order valence-electron chi connectivity index (χ2n) is 7.18. The molecule has 5 nitrogen and oxygen atoms in total. The minimum Gasteiger partial charge on any atom is -0.384 e. The fourth-order valence-corrected chi connectivity index (χ4v) is 3.32. The number of hydrogen-bond donors (Lipinski definition) is 1. The van der Waals surface area contributed by atoms with E-state index in [0.717, 1.165) is 31.2 Å². The maximum absolute atomic E-state index is 6.02. The van der Waals surface area contributed by atoms with Crippen LogP contribution >= 0.6 is 0 Å². The van der Waals surface area contributed by atoms with Gasteiger partial charge in [-0.2, -0.15) is 0 Å². The van der Waals surface area contributed by atoms with Gasteiger partial charge in [-0.15, -0.1) is 0 Å². The molecular weight excluding hydrogens is 264 g/mol. The van der Waals surface area contributed by atoms with Crippen LogP contribution in [0.2, 0.25) is 0 Å². The molecule has 1 aliphatic carbocycles. The Morgan fingerprint density at radius 3 is 2.76 bits per heavy atom. The minimum absolute atomic E-state index is 0.0949. The Bertz CT molecular complexity index is 509. The van der Waals surface area contributed by atoms with Gasteiger partial charge >= 0.3 is 0 Å². The molecule has 1 aromatic heterocycles. The maximum atomic E-state index is 6.02. The van der Waals surface area contributed by atoms with Gasteiger partial charge in [0.2, 0.25) is 0 Å². The second kappa shape index (κ2) is 5.44. The van der Waals surface area contributed by atoms with Crippen LogP contribution in [0.5, 0.6) is 0 Å². The van der Waals surface area contributed by atoms with E-state index in [0.29, 0.717) is 18.0 Å². The van der Waals surface area contributed by atoms with Crippen molar-refractivity contribution >= 4 is 11.6 Å². The van der Waals surface area contributed by atoms with Gasteiger partial charge in [-0.05, 0) is 12.8 Å². The summed E-state index contributed by atoms with van der Waals surface area (Å²) in [5.41, 5.74) is 5.93. The highest BCUT2D eigenvalue weighted by Crippen LogP contribution is 2.32. The van der Waals surface area contributed by atoms with E-state index in [1.54, 1.807) is 0 Å². The SMILES string of the molecule is CC(C)(C)c1nc(N)cc(N2CCOC3CCCCC32)n1. The summed E-state index contributed by atoms with van der Waals surface area (Å²) in [7, 11) is 0. The van der Waals surface area contributed by atoms with Gasteiger partial charge in [0, 0.05) is 18.0 Å². The van der Waals surface area contributed by atoms with E-state index in [4.69, 9.17) is 15.5 Å². The molecule has 2 unspecified atom stereocenters. The van der Waals surface area contributed by atoms with Crippen molar-refractivity contribution in [2.45, 2.75) is 64.0 Å². The molecule has 1 aromatic rings. The van der Waals surface area contributed by atoms with Crippen LogP contribution in [0, 0.1) is 0 Å². The first-order valence-electron chi connectivity index (χ1n) is 7.98. The zero-order chi connectivity index (χ0) is 15.0. The van der Waals surface area contributed by atoms with Gasteiger partial charge in [0.25, 0.3) is 0 Å². The van der Waals surface area contributed by atoms with E-state index in [-0.39, 0.29) is 5.41 Å². The zero-order valence-electron chi connectivity index (χ0n) is 13.3. The summed E-state index contributed by atoms with van der Waals surface area (Å²) in [5, 5.41) is 0. The maximum Gasteiger partial charge on any atom is 0.138 e. The van der Waals surface area contributed by atoms with E-state index >= 15 is 0 Å². The van der Waals surface area contributed by atoms with E-state index in [9.17, 15) is 0 Å². The molecule has 1 saturated carbocycles. The third-order valence-corrected chi connectivity index (χ3v) is 4.43. The third kappa shape index (κ3) is 2.98. The fourth-order valence-electron chi connectivity index (χ4n) is 3.32. The molecule has 2 aliphatic rings. The number of anilines is 2. The van der Waals surface area contributed by atoms with Gasteiger partial charge in [0.1, 0.15) is 17.5 Å². The van der Waals surface area contributed by atoms with Crippen LogP contribution in [0.25, 0.3) is 0 Å². The molecule has 3 rings (SSSR count). The third-order valence-electron chi connectivity index (χ3n) is 4.43. The second-order valence-corrected chi connectivity index (χ2v) is 7.18. The Labute approximate surface area is 126 Å². The molecule has 0 radical (unpaired) electrons. The quantitative estimate of drug-likeness (QED) is 0.861. The molecule has 0 amide bonds. The van der Waals surface area contributed by atoms with Crippen molar-refractivity contribution in [2.75, 3.05) is 23.8 Å². The monoisotopic (exact) mass is 290 g/mol. The van der Waals surface area contributed by atoms with Crippen LogP contribution < -0.4 is 10.6 Å². The average Bonchev–Trinajstić information content (AvgIpc) is 2.45. The number of nitrogen functional groups attached to an aromatic ring is 1. The number of aromatic nitrogens is 2. The number of rotatable bonds is 1. The van der Waals surface area contributed by atoms with Gasteiger partial charge in [-0.1, -0.05) is 33.6 Å². The molecule has 0 aromatic carbocycles. The first-order chi connectivity index (χ1) is 9.95. The number of nitrogens with zero attached hydrogens (tertiary/aromatic N) is 3. The molecule has 1 aliphatic heterocycles. The Morgan fingerprint density at radius 1 is 1.24 bits per heavy atom. The number of fused-ring (bicyclic) bond motifs is 1. The molecular formula is C16H26N4O. The summed E-state index contributed by atoms with van der Waals surface area (Å²) in [6.07, 6.45) is 5.23. The Kier molecular flexibility index (Phi) is 3.78. The molecule has 5 heteroatoms. The summed E-state index contributed by atoms with van der Waals surface area (Å²) in [5.74, 6) is 2.34. The largest absolute Gasteiger partial charge is 0.384 e. The predicted molar refractivity (Wildman–Crippen MR) is 84.5 cm³/mol. The Hall–Kier alpha value is -1.36. The van der Waals surface area contributed by atoms with Crippen molar-refractivity contribution in [1.29, 1.82) is 0 Å². The highest BCUT2D eigenvalue weighted by atomic mass is 16.5. The molecule has 2 N–H and O–H groups in total. The molecule has 1 saturated heterocycles. The van der Waals surface area contributed by atoms with Crippen LogP contribution in [0.15, 0.2) is 6.07 Å². The first-order valence-corrected chi connectivity index (χ1v) is 7.98. The van der Waals surface area contributed by atoms with E-state index in [1.807, 2.05) is 6.07 Å². The minimum atomic E-state index is -0.0949. The number of ether oxygens (including phenoxy) is 1. The van der Waals surface area contributed by atoms with Crippen LogP contribution in [0.4, 0.5) is 11.6 Å². The number of hydrogen-bond acceptors (Lipinski definition) is 5. The highest BCUT2D eigenvalue weighted by Gasteiger charge is 2.35. The van der Waals surface area contributed by atoms with Gasteiger partial charge in [-0.25, -0.2) is 9.97 Å². The van der Waals surface area contributed by atoms with Crippen molar-refractivity contribution in [3.05, 3.63) is 11.9 Å². The van der Waals surface area contributed by atoms with E-state index < -0.39 is 0 Å². The fraction of sp³-hybridized carbons (Fsp3) is 0.750. The van der Waals surface area contributed by atoms with Crippen LogP contribution in [-0.2, 0) is 10.2 Å². The summed E-state index contributed by atoms with van der Waals surface area (Å²) in [6, 6.07) is 2.35. The molecule has 2 atom stereocenters. The van der Waals surface area contributed by atoms with Crippen LogP contribution in [0.1, 0.15) is 52.3 Å². The van der Waals surface area contributed by atoms with Crippen LogP contribution in [-0.4, -0.2) is 35.3 Å². The average molecular weight is 290 g/mol. The van der Waals surface area contributed by atoms with Crippen LogP contribution in [0.3, 0.4) is 0 Å². The standard InChI is InChI=1S/C16H26N4O/c1-16(2,3)15-18-13(17)10-14(19-15)20-8-9-21-12-7-5-4-6-11(12)20/h10-12H,4-9H2,1-3H3,(H2,17,18,19). The van der Waals surface area contributed by atoms with Gasteiger partial charge in [0.15, 0.2) is 0 Å². The van der Waals surface area contributed by atoms with Gasteiger partial charge < -0.3 is 15.4 Å². The van der Waals surface area contributed by atoms with Crippen molar-refractivity contribution in [3.8, 4) is 0 Å².